The highest BCUT2D eigenvalue weighted by molar-refractivity contribution is 6.09. The lowest BCUT2D eigenvalue weighted by molar-refractivity contribution is 0.0516. The molecule has 29 heavy (non-hydrogen) atoms. The van der Waals surface area contributed by atoms with Crippen LogP contribution in [0.1, 0.15) is 23.0 Å². The van der Waals surface area contributed by atoms with Crippen LogP contribution in [0.25, 0.3) is 22.0 Å². The third kappa shape index (κ3) is 3.47. The predicted octanol–water partition coefficient (Wildman–Crippen LogP) is 4.94. The van der Waals surface area contributed by atoms with Crippen molar-refractivity contribution in [1.29, 1.82) is 0 Å². The van der Waals surface area contributed by atoms with Gasteiger partial charge in [-0.05, 0) is 24.6 Å². The lowest BCUT2D eigenvalue weighted by Crippen LogP contribution is -2.14. The molecule has 0 saturated carbocycles. The zero-order chi connectivity index (χ0) is 20.2. The highest BCUT2D eigenvalue weighted by Crippen LogP contribution is 2.39. The Hall–Kier alpha value is -3.60. The maximum absolute atomic E-state index is 13.1. The Balaban J connectivity index is 2.04. The number of aromatic nitrogens is 2. The molecule has 0 unspecified atom stereocenters. The molecule has 5 nitrogen and oxygen atoms in total. The molecule has 5 heteroatoms. The van der Waals surface area contributed by atoms with Crippen molar-refractivity contribution in [1.82, 2.24) is 9.55 Å². The van der Waals surface area contributed by atoms with Gasteiger partial charge in [-0.2, -0.15) is 0 Å². The second-order valence-corrected chi connectivity index (χ2v) is 6.61. The molecule has 4 rings (SSSR count). The van der Waals surface area contributed by atoms with E-state index >= 15 is 0 Å². The zero-order valence-electron chi connectivity index (χ0n) is 16.5. The second-order valence-electron chi connectivity index (χ2n) is 6.61. The Morgan fingerprint density at radius 3 is 2.55 bits per heavy atom. The molecule has 0 amide bonds. The van der Waals surface area contributed by atoms with Crippen molar-refractivity contribution in [3.05, 3.63) is 84.3 Å². The lowest BCUT2D eigenvalue weighted by atomic mass is 10.0. The van der Waals surface area contributed by atoms with E-state index in [1.165, 1.54) is 0 Å². The molecule has 0 atom stereocenters. The lowest BCUT2D eigenvalue weighted by Gasteiger charge is -2.13. The highest BCUT2D eigenvalue weighted by atomic mass is 16.5. The van der Waals surface area contributed by atoms with Gasteiger partial charge in [0.15, 0.2) is 0 Å². The summed E-state index contributed by atoms with van der Waals surface area (Å²) in [5.41, 5.74) is 4.10. The van der Waals surface area contributed by atoms with Crippen LogP contribution in [0.3, 0.4) is 0 Å². The molecule has 0 aliphatic heterocycles. The van der Waals surface area contributed by atoms with Crippen LogP contribution in [-0.2, 0) is 11.3 Å². The van der Waals surface area contributed by atoms with Crippen LogP contribution in [0.4, 0.5) is 0 Å². The van der Waals surface area contributed by atoms with Gasteiger partial charge < -0.3 is 14.0 Å². The third-order valence-corrected chi connectivity index (χ3v) is 4.89. The van der Waals surface area contributed by atoms with Gasteiger partial charge >= 0.3 is 5.97 Å². The number of hydrogen-bond acceptors (Lipinski definition) is 4. The van der Waals surface area contributed by atoms with Crippen molar-refractivity contribution in [2.45, 2.75) is 13.5 Å². The number of nitrogens with zero attached hydrogens (tertiary/aromatic N) is 2. The summed E-state index contributed by atoms with van der Waals surface area (Å²) in [7, 11) is 1.62. The first-order chi connectivity index (χ1) is 14.2. The van der Waals surface area contributed by atoms with Crippen molar-refractivity contribution in [3.63, 3.8) is 0 Å². The van der Waals surface area contributed by atoms with E-state index in [2.05, 4.69) is 4.98 Å². The molecule has 4 aromatic rings. The van der Waals surface area contributed by atoms with Crippen molar-refractivity contribution >= 4 is 16.9 Å². The Morgan fingerprint density at radius 1 is 1.03 bits per heavy atom. The minimum Gasteiger partial charge on any atom is -0.496 e. The van der Waals surface area contributed by atoms with Gasteiger partial charge in [0.05, 0.1) is 13.7 Å². The van der Waals surface area contributed by atoms with Crippen LogP contribution in [0, 0.1) is 0 Å². The van der Waals surface area contributed by atoms with Crippen LogP contribution in [0.2, 0.25) is 0 Å². The van der Waals surface area contributed by atoms with Crippen LogP contribution < -0.4 is 4.74 Å². The van der Waals surface area contributed by atoms with E-state index in [1.54, 1.807) is 25.6 Å². The van der Waals surface area contributed by atoms with Gasteiger partial charge in [-0.3, -0.25) is 4.98 Å². The Kier molecular flexibility index (Phi) is 5.29. The zero-order valence-corrected chi connectivity index (χ0v) is 16.5. The summed E-state index contributed by atoms with van der Waals surface area (Å²) in [5, 5.41) is 0.956. The van der Waals surface area contributed by atoms with Gasteiger partial charge in [0.1, 0.15) is 11.4 Å². The van der Waals surface area contributed by atoms with E-state index in [-0.39, 0.29) is 5.97 Å². The largest absolute Gasteiger partial charge is 0.496 e. The number of pyridine rings is 1. The van der Waals surface area contributed by atoms with Crippen LogP contribution in [0.5, 0.6) is 5.75 Å². The van der Waals surface area contributed by atoms with E-state index in [9.17, 15) is 4.79 Å². The van der Waals surface area contributed by atoms with Gasteiger partial charge in [-0.15, -0.1) is 0 Å². The normalized spacial score (nSPS) is 10.8. The molecule has 0 spiro atoms. The summed E-state index contributed by atoms with van der Waals surface area (Å²) in [6, 6.07) is 19.9. The molecule has 146 valence electrons. The standard InChI is InChI=1S/C24H22N2O3/c1-3-29-24(27)23-22(19-15-25-14-13-21(19)28-2)18-11-7-8-12-20(18)26(23)16-17-9-5-4-6-10-17/h4-15H,3,16H2,1-2H3. The number of benzene rings is 2. The number of methoxy groups -OCH3 is 1. The first-order valence-electron chi connectivity index (χ1n) is 9.55. The first kappa shape index (κ1) is 18.7. The molecule has 2 heterocycles. The Bertz CT molecular complexity index is 1150. The topological polar surface area (TPSA) is 53.4 Å². The molecule has 0 bridgehead atoms. The van der Waals surface area contributed by atoms with Crippen molar-refractivity contribution < 1.29 is 14.3 Å². The minimum atomic E-state index is -0.361. The highest BCUT2D eigenvalue weighted by Gasteiger charge is 2.26. The summed E-state index contributed by atoms with van der Waals surface area (Å²) in [6.45, 7) is 2.67. The van der Waals surface area contributed by atoms with Gasteiger partial charge in [-0.1, -0.05) is 48.5 Å². The van der Waals surface area contributed by atoms with Gasteiger partial charge in [0.2, 0.25) is 0 Å². The summed E-state index contributed by atoms with van der Waals surface area (Å²) in [4.78, 5) is 17.4. The molecular weight excluding hydrogens is 364 g/mol. The molecule has 0 N–H and O–H groups in total. The van der Waals surface area contributed by atoms with Gasteiger partial charge in [0.25, 0.3) is 0 Å². The fourth-order valence-electron chi connectivity index (χ4n) is 3.67. The van der Waals surface area contributed by atoms with E-state index in [0.29, 0.717) is 24.6 Å². The summed E-state index contributed by atoms with van der Waals surface area (Å²) in [5.74, 6) is 0.300. The fraction of sp³-hybridized carbons (Fsp3) is 0.167. The number of para-hydroxylation sites is 1. The van der Waals surface area contributed by atoms with E-state index < -0.39 is 0 Å². The van der Waals surface area contributed by atoms with Crippen molar-refractivity contribution in [3.8, 4) is 16.9 Å². The monoisotopic (exact) mass is 386 g/mol. The smallest absolute Gasteiger partial charge is 0.355 e. The van der Waals surface area contributed by atoms with Gasteiger partial charge in [0, 0.05) is 41.0 Å². The fourth-order valence-corrected chi connectivity index (χ4v) is 3.67. The third-order valence-electron chi connectivity index (χ3n) is 4.89. The summed E-state index contributed by atoms with van der Waals surface area (Å²) in [6.07, 6.45) is 3.41. The van der Waals surface area contributed by atoms with E-state index in [4.69, 9.17) is 9.47 Å². The SMILES string of the molecule is CCOC(=O)c1c(-c2cnccc2OC)c2ccccc2n1Cc1ccccc1. The van der Waals surface area contributed by atoms with Crippen LogP contribution in [-0.4, -0.2) is 29.2 Å². The van der Waals surface area contributed by atoms with Crippen molar-refractivity contribution in [2.75, 3.05) is 13.7 Å². The molecule has 0 aliphatic rings. The van der Waals surface area contributed by atoms with E-state index in [1.807, 2.05) is 66.1 Å². The quantitative estimate of drug-likeness (QED) is 0.441. The minimum absolute atomic E-state index is 0.301. The van der Waals surface area contributed by atoms with Crippen LogP contribution >= 0.6 is 0 Å². The number of esters is 1. The number of rotatable bonds is 6. The maximum atomic E-state index is 13.1. The van der Waals surface area contributed by atoms with Crippen LogP contribution in [0.15, 0.2) is 73.1 Å². The number of hydrogen-bond donors (Lipinski definition) is 0. The first-order valence-corrected chi connectivity index (χ1v) is 9.55. The van der Waals surface area contributed by atoms with Crippen molar-refractivity contribution in [2.24, 2.45) is 0 Å². The molecule has 0 saturated heterocycles. The average Bonchev–Trinajstić information content (AvgIpc) is 3.09. The number of carbonyl (C=O) groups excluding carboxylic acids is 1. The molecule has 2 aromatic heterocycles. The van der Waals surface area contributed by atoms with E-state index in [0.717, 1.165) is 27.6 Å². The Labute approximate surface area is 169 Å². The molecular formula is C24H22N2O3. The second kappa shape index (κ2) is 8.19. The molecule has 0 radical (unpaired) electrons. The average molecular weight is 386 g/mol. The number of carbonyl (C=O) groups is 1. The maximum Gasteiger partial charge on any atom is 0.355 e. The van der Waals surface area contributed by atoms with Gasteiger partial charge in [-0.25, -0.2) is 4.79 Å². The number of ether oxygens (including phenoxy) is 2. The predicted molar refractivity (Wildman–Crippen MR) is 113 cm³/mol. The number of fused-ring (bicyclic) bond motifs is 1. The summed E-state index contributed by atoms with van der Waals surface area (Å²) >= 11 is 0. The summed E-state index contributed by atoms with van der Waals surface area (Å²) < 4.78 is 13.0. The molecule has 0 aliphatic carbocycles. The molecule has 0 fully saturated rings. The molecule has 2 aromatic carbocycles. The Morgan fingerprint density at radius 2 is 1.79 bits per heavy atom.